The molecular weight excluding hydrogens is 292 g/mol. The summed E-state index contributed by atoms with van der Waals surface area (Å²) in [6.45, 7) is 8.07. The number of hydrogen-bond acceptors (Lipinski definition) is 4. The number of benzene rings is 1. The van der Waals surface area contributed by atoms with E-state index in [4.69, 9.17) is 16.0 Å². The number of nitrogens with one attached hydrogen (secondary N) is 1. The molecule has 20 heavy (non-hydrogen) atoms. The fourth-order valence-electron chi connectivity index (χ4n) is 1.75. The third-order valence-corrected chi connectivity index (χ3v) is 3.90. The maximum atomic E-state index is 6.09. The third-order valence-electron chi connectivity index (χ3n) is 2.69. The lowest BCUT2D eigenvalue weighted by Gasteiger charge is -2.11. The molecule has 3 nitrogen and oxygen atoms in total. The van der Waals surface area contributed by atoms with Crippen molar-refractivity contribution in [3.63, 3.8) is 0 Å². The van der Waals surface area contributed by atoms with Crippen LogP contribution in [0.5, 0.6) is 0 Å². The molecule has 0 bridgehead atoms. The van der Waals surface area contributed by atoms with Crippen LogP contribution in [0.15, 0.2) is 39.0 Å². The molecule has 0 radical (unpaired) electrons. The Morgan fingerprint density at radius 3 is 2.85 bits per heavy atom. The number of nitrogens with zero attached hydrogens (tertiary/aromatic N) is 1. The number of hydrogen-bond donors (Lipinski definition) is 1. The first-order valence-electron chi connectivity index (χ1n) is 6.63. The number of oxazole rings is 1. The van der Waals surface area contributed by atoms with E-state index in [0.29, 0.717) is 11.1 Å². The Kier molecular flexibility index (Phi) is 5.52. The topological polar surface area (TPSA) is 38.1 Å². The van der Waals surface area contributed by atoms with Gasteiger partial charge >= 0.3 is 0 Å². The molecule has 0 unspecified atom stereocenters. The smallest absolute Gasteiger partial charge is 0.260 e. The van der Waals surface area contributed by atoms with Crippen molar-refractivity contribution in [2.45, 2.75) is 37.4 Å². The number of rotatable bonds is 6. The first-order chi connectivity index (χ1) is 9.54. The van der Waals surface area contributed by atoms with E-state index in [9.17, 15) is 0 Å². The standard InChI is InChI=1S/C15H19ClN2OS/c1-10(2)7-17-8-12-6-13(16)4-5-14(12)20-15-18-11(3)9-19-15/h4-6,9-10,17H,7-8H2,1-3H3. The molecule has 1 heterocycles. The quantitative estimate of drug-likeness (QED) is 0.850. The second-order valence-corrected chi connectivity index (χ2v) is 6.56. The predicted octanol–water partition coefficient (Wildman–Crippen LogP) is 4.53. The van der Waals surface area contributed by atoms with Gasteiger partial charge in [0.2, 0.25) is 0 Å². The van der Waals surface area contributed by atoms with E-state index < -0.39 is 0 Å². The summed E-state index contributed by atoms with van der Waals surface area (Å²) in [4.78, 5) is 5.44. The van der Waals surface area contributed by atoms with Gasteiger partial charge in [0.15, 0.2) is 0 Å². The van der Waals surface area contributed by atoms with Gasteiger partial charge in [-0.1, -0.05) is 25.4 Å². The zero-order chi connectivity index (χ0) is 14.5. The van der Waals surface area contributed by atoms with Crippen LogP contribution in [0.3, 0.4) is 0 Å². The van der Waals surface area contributed by atoms with Crippen molar-refractivity contribution in [1.29, 1.82) is 0 Å². The zero-order valence-electron chi connectivity index (χ0n) is 11.9. The first-order valence-corrected chi connectivity index (χ1v) is 7.83. The van der Waals surface area contributed by atoms with Crippen molar-refractivity contribution < 1.29 is 4.42 Å². The number of halogens is 1. The molecule has 0 aliphatic carbocycles. The lowest BCUT2D eigenvalue weighted by molar-refractivity contribution is 0.454. The van der Waals surface area contributed by atoms with E-state index in [1.807, 2.05) is 25.1 Å². The molecule has 2 aromatic rings. The average Bonchev–Trinajstić information content (AvgIpc) is 2.78. The summed E-state index contributed by atoms with van der Waals surface area (Å²) in [5.74, 6) is 0.625. The van der Waals surface area contributed by atoms with Gasteiger partial charge in [-0.25, -0.2) is 4.98 Å². The highest BCUT2D eigenvalue weighted by atomic mass is 35.5. The summed E-state index contributed by atoms with van der Waals surface area (Å²) in [5.41, 5.74) is 2.06. The molecular formula is C15H19ClN2OS. The van der Waals surface area contributed by atoms with E-state index in [2.05, 4.69) is 24.1 Å². The summed E-state index contributed by atoms with van der Waals surface area (Å²) in [5, 5.41) is 4.85. The first kappa shape index (κ1) is 15.4. The summed E-state index contributed by atoms with van der Waals surface area (Å²) in [6, 6.07) is 5.90. The predicted molar refractivity (Wildman–Crippen MR) is 83.4 cm³/mol. The van der Waals surface area contributed by atoms with Gasteiger partial charge in [-0.05, 0) is 54.9 Å². The molecule has 0 aliphatic heterocycles. The van der Waals surface area contributed by atoms with Gasteiger partial charge in [0.25, 0.3) is 5.22 Å². The number of aromatic nitrogens is 1. The van der Waals surface area contributed by atoms with E-state index in [1.54, 1.807) is 6.26 Å². The second kappa shape index (κ2) is 7.16. The fourth-order valence-corrected chi connectivity index (χ4v) is 2.82. The van der Waals surface area contributed by atoms with Crippen molar-refractivity contribution in [3.8, 4) is 0 Å². The van der Waals surface area contributed by atoms with Gasteiger partial charge in [0, 0.05) is 16.5 Å². The van der Waals surface area contributed by atoms with Gasteiger partial charge in [0.1, 0.15) is 6.26 Å². The second-order valence-electron chi connectivity index (χ2n) is 5.13. The van der Waals surface area contributed by atoms with Crippen LogP contribution in [0, 0.1) is 12.8 Å². The van der Waals surface area contributed by atoms with Crippen LogP contribution in [-0.4, -0.2) is 11.5 Å². The molecule has 0 fully saturated rings. The molecule has 0 saturated heterocycles. The van der Waals surface area contributed by atoms with Crippen LogP contribution in [0.4, 0.5) is 0 Å². The van der Waals surface area contributed by atoms with Gasteiger partial charge in [0.05, 0.1) is 5.69 Å². The van der Waals surface area contributed by atoms with Crippen LogP contribution >= 0.6 is 23.4 Å². The maximum Gasteiger partial charge on any atom is 0.260 e. The Balaban J connectivity index is 2.10. The van der Waals surface area contributed by atoms with E-state index in [-0.39, 0.29) is 0 Å². The van der Waals surface area contributed by atoms with E-state index in [0.717, 1.165) is 28.7 Å². The van der Waals surface area contributed by atoms with Gasteiger partial charge in [-0.2, -0.15) is 0 Å². The van der Waals surface area contributed by atoms with Crippen molar-refractivity contribution in [2.75, 3.05) is 6.54 Å². The Hall–Kier alpha value is -0.970. The summed E-state index contributed by atoms with van der Waals surface area (Å²) >= 11 is 7.62. The van der Waals surface area contributed by atoms with Crippen molar-refractivity contribution >= 4 is 23.4 Å². The molecule has 108 valence electrons. The van der Waals surface area contributed by atoms with E-state index >= 15 is 0 Å². The highest BCUT2D eigenvalue weighted by Gasteiger charge is 2.09. The molecule has 0 atom stereocenters. The molecule has 2 rings (SSSR count). The normalized spacial score (nSPS) is 11.2. The Bertz CT molecular complexity index is 569. The lowest BCUT2D eigenvalue weighted by Crippen LogP contribution is -2.19. The molecule has 0 aliphatic rings. The van der Waals surface area contributed by atoms with Crippen LogP contribution in [0.2, 0.25) is 5.02 Å². The Morgan fingerprint density at radius 2 is 2.20 bits per heavy atom. The van der Waals surface area contributed by atoms with Crippen LogP contribution in [0.25, 0.3) is 0 Å². The summed E-state index contributed by atoms with van der Waals surface area (Å²) in [7, 11) is 0. The van der Waals surface area contributed by atoms with Gasteiger partial charge in [-0.15, -0.1) is 0 Å². The maximum absolute atomic E-state index is 6.09. The van der Waals surface area contributed by atoms with Crippen molar-refractivity contribution in [2.24, 2.45) is 5.92 Å². The van der Waals surface area contributed by atoms with Crippen LogP contribution in [-0.2, 0) is 6.54 Å². The Labute approximate surface area is 129 Å². The highest BCUT2D eigenvalue weighted by molar-refractivity contribution is 7.99. The largest absolute Gasteiger partial charge is 0.439 e. The van der Waals surface area contributed by atoms with Crippen LogP contribution in [0.1, 0.15) is 25.1 Å². The molecule has 5 heteroatoms. The molecule has 0 spiro atoms. The molecule has 0 saturated carbocycles. The summed E-state index contributed by atoms with van der Waals surface area (Å²) in [6.07, 6.45) is 1.66. The molecule has 1 N–H and O–H groups in total. The SMILES string of the molecule is Cc1coc(Sc2ccc(Cl)cc2CNCC(C)C)n1. The van der Waals surface area contributed by atoms with Gasteiger partial charge in [-0.3, -0.25) is 0 Å². The minimum atomic E-state index is 0.625. The molecule has 1 aromatic heterocycles. The van der Waals surface area contributed by atoms with Crippen molar-refractivity contribution in [3.05, 3.63) is 40.7 Å². The summed E-state index contributed by atoms with van der Waals surface area (Å²) < 4.78 is 5.39. The van der Waals surface area contributed by atoms with Crippen LogP contribution < -0.4 is 5.32 Å². The average molecular weight is 311 g/mol. The lowest BCUT2D eigenvalue weighted by atomic mass is 10.2. The van der Waals surface area contributed by atoms with Crippen molar-refractivity contribution in [1.82, 2.24) is 10.3 Å². The monoisotopic (exact) mass is 310 g/mol. The van der Waals surface area contributed by atoms with E-state index in [1.165, 1.54) is 17.3 Å². The van der Waals surface area contributed by atoms with Gasteiger partial charge < -0.3 is 9.73 Å². The third kappa shape index (κ3) is 4.54. The minimum Gasteiger partial charge on any atom is -0.439 e. The fraction of sp³-hybridized carbons (Fsp3) is 0.400. The zero-order valence-corrected chi connectivity index (χ0v) is 13.5. The molecule has 1 aromatic carbocycles. The minimum absolute atomic E-state index is 0.625. The highest BCUT2D eigenvalue weighted by Crippen LogP contribution is 2.31. The Morgan fingerprint density at radius 1 is 1.40 bits per heavy atom. The molecule has 0 amide bonds. The number of aryl methyl sites for hydroxylation is 1.